The number of carbonyl (C=O) groups excluding carboxylic acids is 2. The Balaban J connectivity index is 1.74. The van der Waals surface area contributed by atoms with Gasteiger partial charge in [0.05, 0.1) is 10.9 Å². The van der Waals surface area contributed by atoms with Crippen LogP contribution >= 0.6 is 12.6 Å². The molecule has 3 rings (SSSR count). The highest BCUT2D eigenvalue weighted by Gasteiger charge is 2.34. The smallest absolute Gasteiger partial charge is 0.323 e. The highest BCUT2D eigenvalue weighted by molar-refractivity contribution is 7.81. The minimum absolute atomic E-state index is 0.0937. The average Bonchev–Trinajstić information content (AvgIpc) is 2.81. The van der Waals surface area contributed by atoms with Crippen LogP contribution in [0.1, 0.15) is 5.56 Å². The van der Waals surface area contributed by atoms with Crippen molar-refractivity contribution in [3.8, 4) is 5.75 Å². The molecule has 0 unspecified atom stereocenters. The fraction of sp³-hybridized carbons (Fsp3) is 0.250. The van der Waals surface area contributed by atoms with Crippen LogP contribution in [0, 0.1) is 0 Å². The van der Waals surface area contributed by atoms with E-state index in [4.69, 9.17) is 4.74 Å². The lowest BCUT2D eigenvalue weighted by molar-refractivity contribution is -0.137. The number of nitrogens with zero attached hydrogens (tertiary/aromatic N) is 1. The molecule has 28 heavy (non-hydrogen) atoms. The number of aliphatic carboxylic acids is 1. The summed E-state index contributed by atoms with van der Waals surface area (Å²) in [6.07, 6.45) is 0.399. The molecule has 0 radical (unpaired) electrons. The zero-order valence-electron chi connectivity index (χ0n) is 14.9. The zero-order valence-corrected chi connectivity index (χ0v) is 15.8. The summed E-state index contributed by atoms with van der Waals surface area (Å²) in [5.74, 6) is -1.73. The van der Waals surface area contributed by atoms with Crippen molar-refractivity contribution in [2.75, 3.05) is 18.1 Å². The second kappa shape index (κ2) is 8.79. The molecule has 1 heterocycles. The fourth-order valence-electron chi connectivity index (χ4n) is 2.95. The highest BCUT2D eigenvalue weighted by Crippen LogP contribution is 2.31. The summed E-state index contributed by atoms with van der Waals surface area (Å²) in [7, 11) is 0. The van der Waals surface area contributed by atoms with E-state index in [2.05, 4.69) is 17.9 Å². The minimum Gasteiger partial charge on any atom is -0.489 e. The first kappa shape index (κ1) is 19.8. The van der Waals surface area contributed by atoms with Crippen molar-refractivity contribution >= 4 is 36.1 Å². The van der Waals surface area contributed by atoms with Gasteiger partial charge in [0.15, 0.2) is 0 Å². The Kier molecular flexibility index (Phi) is 6.20. The number of thiol groups is 1. The van der Waals surface area contributed by atoms with Gasteiger partial charge in [-0.25, -0.2) is 0 Å². The van der Waals surface area contributed by atoms with E-state index in [9.17, 15) is 19.5 Å². The molecule has 2 atom stereocenters. The van der Waals surface area contributed by atoms with Crippen molar-refractivity contribution in [3.63, 3.8) is 0 Å². The van der Waals surface area contributed by atoms with E-state index in [1.807, 2.05) is 30.3 Å². The van der Waals surface area contributed by atoms with Crippen molar-refractivity contribution < 1.29 is 24.2 Å². The lowest BCUT2D eigenvalue weighted by Crippen LogP contribution is -2.53. The number of ether oxygens (including phenoxy) is 1. The van der Waals surface area contributed by atoms with E-state index >= 15 is 0 Å². The second-order valence-corrected chi connectivity index (χ2v) is 6.99. The van der Waals surface area contributed by atoms with Crippen LogP contribution in [0.4, 0.5) is 5.69 Å². The zero-order chi connectivity index (χ0) is 20.1. The number of carbonyl (C=O) groups is 3. The summed E-state index contributed by atoms with van der Waals surface area (Å²) >= 11 is 4.35. The Labute approximate surface area is 167 Å². The quantitative estimate of drug-likeness (QED) is 0.639. The Morgan fingerprint density at radius 2 is 1.86 bits per heavy atom. The van der Waals surface area contributed by atoms with Crippen LogP contribution in [0.2, 0.25) is 0 Å². The molecule has 7 nitrogen and oxygen atoms in total. The lowest BCUT2D eigenvalue weighted by Gasteiger charge is -2.23. The monoisotopic (exact) mass is 400 g/mol. The standard InChI is InChI=1S/C20H20N2O5S/c23-18(24)11-22-15-8-4-5-9-16(15)27-12-14(20(22)26)21-19(25)17(28)10-13-6-2-1-3-7-13/h1-9,14,17,28H,10-12H2,(H,21,25)(H,23,24)/t14-,17+/m0/s1. The minimum atomic E-state index is -1.16. The first-order valence-electron chi connectivity index (χ1n) is 8.73. The number of para-hydroxylation sites is 2. The van der Waals surface area contributed by atoms with E-state index < -0.39 is 35.6 Å². The van der Waals surface area contributed by atoms with Crippen molar-refractivity contribution in [2.24, 2.45) is 0 Å². The largest absolute Gasteiger partial charge is 0.489 e. The van der Waals surface area contributed by atoms with Crippen molar-refractivity contribution in [3.05, 3.63) is 60.2 Å². The van der Waals surface area contributed by atoms with Crippen LogP contribution < -0.4 is 15.0 Å². The number of benzene rings is 2. The number of hydrogen-bond acceptors (Lipinski definition) is 5. The van der Waals surface area contributed by atoms with Crippen LogP contribution in [0.15, 0.2) is 54.6 Å². The van der Waals surface area contributed by atoms with E-state index in [1.54, 1.807) is 24.3 Å². The molecule has 0 saturated carbocycles. The predicted molar refractivity (Wildman–Crippen MR) is 107 cm³/mol. The number of carboxylic acids is 1. The van der Waals surface area contributed by atoms with Gasteiger partial charge in [-0.15, -0.1) is 0 Å². The van der Waals surface area contributed by atoms with Gasteiger partial charge in [-0.2, -0.15) is 12.6 Å². The van der Waals surface area contributed by atoms with Gasteiger partial charge in [-0.1, -0.05) is 42.5 Å². The summed E-state index contributed by atoms with van der Waals surface area (Å²) in [5, 5.41) is 11.2. The van der Waals surface area contributed by atoms with Gasteiger partial charge < -0.3 is 15.2 Å². The van der Waals surface area contributed by atoms with E-state index in [0.29, 0.717) is 17.9 Å². The third-order valence-electron chi connectivity index (χ3n) is 4.31. The molecule has 2 aromatic carbocycles. The molecule has 0 spiro atoms. The third kappa shape index (κ3) is 4.64. The Morgan fingerprint density at radius 3 is 2.57 bits per heavy atom. The summed E-state index contributed by atoms with van der Waals surface area (Å²) in [6, 6.07) is 15.1. The molecular formula is C20H20N2O5S. The average molecular weight is 400 g/mol. The maximum absolute atomic E-state index is 12.9. The fourth-order valence-corrected chi connectivity index (χ4v) is 3.24. The van der Waals surface area contributed by atoms with Gasteiger partial charge in [0, 0.05) is 0 Å². The number of hydrogen-bond donors (Lipinski definition) is 3. The molecule has 8 heteroatoms. The van der Waals surface area contributed by atoms with E-state index in [1.165, 1.54) is 0 Å². The van der Waals surface area contributed by atoms with Gasteiger partial charge in [0.2, 0.25) is 5.91 Å². The number of fused-ring (bicyclic) bond motifs is 1. The summed E-state index contributed by atoms with van der Waals surface area (Å²) < 4.78 is 5.65. The molecule has 146 valence electrons. The molecular weight excluding hydrogens is 380 g/mol. The predicted octanol–water partition coefficient (Wildman–Crippen LogP) is 1.52. The molecule has 0 aromatic heterocycles. The molecule has 1 aliphatic heterocycles. The normalized spacial score (nSPS) is 17.1. The molecule has 0 fully saturated rings. The number of amides is 2. The maximum Gasteiger partial charge on any atom is 0.323 e. The topological polar surface area (TPSA) is 95.9 Å². The molecule has 0 bridgehead atoms. The first-order chi connectivity index (χ1) is 13.5. The summed E-state index contributed by atoms with van der Waals surface area (Å²) in [4.78, 5) is 37.8. The second-order valence-electron chi connectivity index (χ2n) is 6.36. The van der Waals surface area contributed by atoms with Crippen molar-refractivity contribution in [1.29, 1.82) is 0 Å². The van der Waals surface area contributed by atoms with Gasteiger partial charge in [0.1, 0.15) is 24.9 Å². The van der Waals surface area contributed by atoms with Crippen LogP contribution in [0.3, 0.4) is 0 Å². The Morgan fingerprint density at radius 1 is 1.18 bits per heavy atom. The third-order valence-corrected chi connectivity index (χ3v) is 4.73. The van der Waals surface area contributed by atoms with Crippen LogP contribution in [0.5, 0.6) is 5.75 Å². The van der Waals surface area contributed by atoms with E-state index in [-0.39, 0.29) is 6.61 Å². The Hall–Kier alpha value is -3.00. The number of carboxylic acid groups (broad SMARTS) is 1. The van der Waals surface area contributed by atoms with Crippen LogP contribution in [-0.2, 0) is 20.8 Å². The molecule has 2 aromatic rings. The molecule has 0 aliphatic carbocycles. The molecule has 2 N–H and O–H groups in total. The highest BCUT2D eigenvalue weighted by atomic mass is 32.1. The molecule has 2 amide bonds. The first-order valence-corrected chi connectivity index (χ1v) is 9.24. The van der Waals surface area contributed by atoms with Crippen LogP contribution in [0.25, 0.3) is 0 Å². The number of rotatable bonds is 6. The number of nitrogens with one attached hydrogen (secondary N) is 1. The molecule has 1 aliphatic rings. The number of anilines is 1. The summed E-state index contributed by atoms with van der Waals surface area (Å²) in [6.45, 7) is -0.622. The summed E-state index contributed by atoms with van der Waals surface area (Å²) in [5.41, 5.74) is 1.30. The van der Waals surface area contributed by atoms with Crippen molar-refractivity contribution in [1.82, 2.24) is 5.32 Å². The van der Waals surface area contributed by atoms with E-state index in [0.717, 1.165) is 10.5 Å². The van der Waals surface area contributed by atoms with Gasteiger partial charge in [-0.05, 0) is 24.1 Å². The van der Waals surface area contributed by atoms with Crippen LogP contribution in [-0.4, -0.2) is 47.3 Å². The Bertz CT molecular complexity index is 874. The molecule has 0 saturated heterocycles. The maximum atomic E-state index is 12.9. The SMILES string of the molecule is O=C(O)CN1C(=O)[C@@H](NC(=O)[C@H](S)Cc2ccccc2)COc2ccccc21. The lowest BCUT2D eigenvalue weighted by atomic mass is 10.1. The van der Waals surface area contributed by atoms with Gasteiger partial charge in [0.25, 0.3) is 5.91 Å². The van der Waals surface area contributed by atoms with Crippen molar-refractivity contribution in [2.45, 2.75) is 17.7 Å². The van der Waals surface area contributed by atoms with Gasteiger partial charge >= 0.3 is 5.97 Å². The van der Waals surface area contributed by atoms with Gasteiger partial charge in [-0.3, -0.25) is 19.3 Å².